The van der Waals surface area contributed by atoms with E-state index in [1.54, 1.807) is 25.4 Å². The lowest BCUT2D eigenvalue weighted by Gasteiger charge is -2.07. The van der Waals surface area contributed by atoms with E-state index in [4.69, 9.17) is 9.47 Å². The number of ether oxygens (including phenoxy) is 2. The summed E-state index contributed by atoms with van der Waals surface area (Å²) in [6.07, 6.45) is 7.55. The van der Waals surface area contributed by atoms with Gasteiger partial charge in [-0.2, -0.15) is 0 Å². The van der Waals surface area contributed by atoms with Gasteiger partial charge in [0, 0.05) is 31.4 Å². The number of rotatable bonds is 10. The number of pyridine rings is 1. The third-order valence-corrected chi connectivity index (χ3v) is 3.57. The molecule has 6 nitrogen and oxygen atoms in total. The van der Waals surface area contributed by atoms with Crippen molar-refractivity contribution in [2.24, 2.45) is 0 Å². The lowest BCUT2D eigenvalue weighted by Crippen LogP contribution is -2.20. The maximum atomic E-state index is 11.9. The zero-order chi connectivity index (χ0) is 19.3. The Labute approximate surface area is 159 Å². The van der Waals surface area contributed by atoms with E-state index >= 15 is 0 Å². The van der Waals surface area contributed by atoms with Gasteiger partial charge in [0.25, 0.3) is 0 Å². The van der Waals surface area contributed by atoms with Crippen molar-refractivity contribution in [3.05, 3.63) is 66.0 Å². The van der Waals surface area contributed by atoms with Gasteiger partial charge in [-0.15, -0.1) is 0 Å². The van der Waals surface area contributed by atoms with E-state index in [0.29, 0.717) is 38.3 Å². The molecule has 0 radical (unpaired) electrons. The predicted octanol–water partition coefficient (Wildman–Crippen LogP) is 3.13. The smallest absolute Gasteiger partial charge is 0.305 e. The molecule has 1 aromatic carbocycles. The van der Waals surface area contributed by atoms with E-state index in [1.165, 1.54) is 6.08 Å². The Kier molecular flexibility index (Phi) is 8.56. The number of nitrogens with zero attached hydrogens (tertiary/aromatic N) is 1. The number of amides is 1. The molecule has 0 atom stereocenters. The van der Waals surface area contributed by atoms with Crippen molar-refractivity contribution < 1.29 is 19.1 Å². The normalized spacial score (nSPS) is 10.6. The summed E-state index contributed by atoms with van der Waals surface area (Å²) in [5.41, 5.74) is 1.80. The molecule has 0 fully saturated rings. The number of nitrogens with one attached hydrogen (secondary N) is 1. The molecule has 27 heavy (non-hydrogen) atoms. The Morgan fingerprint density at radius 3 is 2.89 bits per heavy atom. The molecule has 0 aliphatic carbocycles. The van der Waals surface area contributed by atoms with Crippen LogP contribution in [0.1, 0.15) is 30.9 Å². The molecule has 6 heteroatoms. The summed E-state index contributed by atoms with van der Waals surface area (Å²) in [7, 11) is 0. The fourth-order valence-corrected chi connectivity index (χ4v) is 2.27. The predicted molar refractivity (Wildman–Crippen MR) is 103 cm³/mol. The Morgan fingerprint density at radius 1 is 1.22 bits per heavy atom. The van der Waals surface area contributed by atoms with Crippen LogP contribution in [-0.2, 0) is 20.9 Å². The summed E-state index contributed by atoms with van der Waals surface area (Å²) in [4.78, 5) is 27.2. The zero-order valence-electron chi connectivity index (χ0n) is 15.4. The van der Waals surface area contributed by atoms with Crippen LogP contribution < -0.4 is 10.1 Å². The highest BCUT2D eigenvalue weighted by Gasteiger charge is 2.02. The molecular formula is C21H24N2O4. The lowest BCUT2D eigenvalue weighted by atomic mass is 10.2. The number of aromatic nitrogens is 1. The topological polar surface area (TPSA) is 77.5 Å². The van der Waals surface area contributed by atoms with Gasteiger partial charge < -0.3 is 14.8 Å². The molecule has 142 valence electrons. The minimum atomic E-state index is -0.213. The Hall–Kier alpha value is -3.15. The van der Waals surface area contributed by atoms with Crippen LogP contribution in [0.2, 0.25) is 0 Å². The first-order chi connectivity index (χ1) is 13.2. The molecule has 1 N–H and O–H groups in total. The van der Waals surface area contributed by atoms with E-state index in [9.17, 15) is 9.59 Å². The summed E-state index contributed by atoms with van der Waals surface area (Å²) in [6.45, 7) is 3.04. The molecule has 2 aromatic rings. The minimum Gasteiger partial charge on any atom is -0.494 e. The van der Waals surface area contributed by atoms with E-state index < -0.39 is 0 Å². The first kappa shape index (κ1) is 20.2. The number of esters is 1. The molecule has 0 saturated carbocycles. The van der Waals surface area contributed by atoms with Crippen molar-refractivity contribution in [2.45, 2.75) is 26.3 Å². The van der Waals surface area contributed by atoms with E-state index in [2.05, 4.69) is 10.3 Å². The summed E-state index contributed by atoms with van der Waals surface area (Å²) >= 11 is 0. The average molecular weight is 368 g/mol. The Bertz CT molecular complexity index is 760. The third kappa shape index (κ3) is 8.18. The molecule has 1 amide bonds. The SMILES string of the molecule is CCOC(=O)CCCOc1cccc(C=CC(=O)NCc2cccnc2)c1. The van der Waals surface area contributed by atoms with Gasteiger partial charge >= 0.3 is 5.97 Å². The van der Waals surface area contributed by atoms with Crippen molar-refractivity contribution in [3.63, 3.8) is 0 Å². The number of benzene rings is 1. The van der Waals surface area contributed by atoms with Crippen molar-refractivity contribution in [3.8, 4) is 5.75 Å². The second-order valence-corrected chi connectivity index (χ2v) is 5.74. The number of hydrogen-bond donors (Lipinski definition) is 1. The van der Waals surface area contributed by atoms with Crippen LogP contribution in [0.3, 0.4) is 0 Å². The molecule has 0 unspecified atom stereocenters. The maximum absolute atomic E-state index is 11.9. The monoisotopic (exact) mass is 368 g/mol. The van der Waals surface area contributed by atoms with Crippen LogP contribution in [0.5, 0.6) is 5.75 Å². The Balaban J connectivity index is 1.76. The lowest BCUT2D eigenvalue weighted by molar-refractivity contribution is -0.143. The number of carbonyl (C=O) groups is 2. The fourth-order valence-electron chi connectivity index (χ4n) is 2.27. The van der Waals surface area contributed by atoms with Crippen molar-refractivity contribution >= 4 is 18.0 Å². The molecule has 0 aliphatic rings. The van der Waals surface area contributed by atoms with Crippen LogP contribution in [0.15, 0.2) is 54.9 Å². The highest BCUT2D eigenvalue weighted by atomic mass is 16.5. The highest BCUT2D eigenvalue weighted by Crippen LogP contribution is 2.15. The van der Waals surface area contributed by atoms with E-state index in [0.717, 1.165) is 11.1 Å². The van der Waals surface area contributed by atoms with Gasteiger partial charge in [0.05, 0.1) is 13.2 Å². The van der Waals surface area contributed by atoms with Crippen LogP contribution in [0, 0.1) is 0 Å². The second kappa shape index (κ2) is 11.5. The highest BCUT2D eigenvalue weighted by molar-refractivity contribution is 5.91. The molecule has 1 aromatic heterocycles. The Morgan fingerprint density at radius 2 is 2.11 bits per heavy atom. The van der Waals surface area contributed by atoms with Gasteiger partial charge in [-0.05, 0) is 48.7 Å². The summed E-state index contributed by atoms with van der Waals surface area (Å²) in [5.74, 6) is 0.298. The molecule has 0 spiro atoms. The van der Waals surface area contributed by atoms with Crippen LogP contribution in [0.4, 0.5) is 0 Å². The standard InChI is InChI=1S/C21H24N2O4/c1-2-26-21(25)9-5-13-27-19-8-3-6-17(14-19)10-11-20(24)23-16-18-7-4-12-22-15-18/h3-4,6-8,10-12,14-15H,2,5,9,13,16H2,1H3,(H,23,24). The van der Waals surface area contributed by atoms with Gasteiger partial charge in [-0.1, -0.05) is 18.2 Å². The molecule has 0 saturated heterocycles. The molecular weight excluding hydrogens is 344 g/mol. The van der Waals surface area contributed by atoms with Crippen LogP contribution >= 0.6 is 0 Å². The maximum Gasteiger partial charge on any atom is 0.305 e. The quantitative estimate of drug-likeness (QED) is 0.396. The molecule has 0 bridgehead atoms. The van der Waals surface area contributed by atoms with Crippen molar-refractivity contribution in [1.82, 2.24) is 10.3 Å². The fraction of sp³-hybridized carbons (Fsp3) is 0.286. The molecule has 0 aliphatic heterocycles. The van der Waals surface area contributed by atoms with Gasteiger partial charge in [-0.3, -0.25) is 14.6 Å². The third-order valence-electron chi connectivity index (χ3n) is 3.57. The number of carbonyl (C=O) groups excluding carboxylic acids is 2. The number of hydrogen-bond acceptors (Lipinski definition) is 5. The van der Waals surface area contributed by atoms with E-state index in [-0.39, 0.29) is 11.9 Å². The second-order valence-electron chi connectivity index (χ2n) is 5.74. The average Bonchev–Trinajstić information content (AvgIpc) is 2.69. The largest absolute Gasteiger partial charge is 0.494 e. The minimum absolute atomic E-state index is 0.181. The zero-order valence-corrected chi connectivity index (χ0v) is 15.4. The molecule has 2 rings (SSSR count). The summed E-state index contributed by atoms with van der Waals surface area (Å²) in [6, 6.07) is 11.2. The van der Waals surface area contributed by atoms with Crippen LogP contribution in [0.25, 0.3) is 6.08 Å². The molecule has 1 heterocycles. The van der Waals surface area contributed by atoms with Crippen molar-refractivity contribution in [2.75, 3.05) is 13.2 Å². The first-order valence-electron chi connectivity index (χ1n) is 8.90. The van der Waals surface area contributed by atoms with E-state index in [1.807, 2.05) is 36.4 Å². The van der Waals surface area contributed by atoms with Gasteiger partial charge in [-0.25, -0.2) is 0 Å². The van der Waals surface area contributed by atoms with Gasteiger partial charge in [0.2, 0.25) is 5.91 Å². The summed E-state index contributed by atoms with van der Waals surface area (Å²) < 4.78 is 10.5. The van der Waals surface area contributed by atoms with Gasteiger partial charge in [0.1, 0.15) is 5.75 Å². The van der Waals surface area contributed by atoms with Crippen LogP contribution in [-0.4, -0.2) is 30.1 Å². The van der Waals surface area contributed by atoms with Gasteiger partial charge in [0.15, 0.2) is 0 Å². The van der Waals surface area contributed by atoms with Crippen molar-refractivity contribution in [1.29, 1.82) is 0 Å². The summed E-state index contributed by atoms with van der Waals surface area (Å²) in [5, 5.41) is 2.81. The first-order valence-corrected chi connectivity index (χ1v) is 8.90.